The summed E-state index contributed by atoms with van der Waals surface area (Å²) in [5.74, 6) is 0.262. The zero-order valence-electron chi connectivity index (χ0n) is 12.5. The van der Waals surface area contributed by atoms with Gasteiger partial charge in [0.1, 0.15) is 17.2 Å². The van der Waals surface area contributed by atoms with Crippen LogP contribution in [0.3, 0.4) is 0 Å². The highest BCUT2D eigenvalue weighted by Gasteiger charge is 2.24. The summed E-state index contributed by atoms with van der Waals surface area (Å²) in [6, 6.07) is 8.30. The van der Waals surface area contributed by atoms with E-state index in [2.05, 4.69) is 10.6 Å². The molecule has 0 fully saturated rings. The number of halogens is 1. The van der Waals surface area contributed by atoms with Gasteiger partial charge in [-0.05, 0) is 43.7 Å². The number of amides is 2. The number of benzene rings is 1. The average Bonchev–Trinajstić information content (AvgIpc) is 3.00. The van der Waals surface area contributed by atoms with E-state index >= 15 is 0 Å². The monoisotopic (exact) mass is 306 g/mol. The zero-order valence-corrected chi connectivity index (χ0v) is 12.5. The Morgan fingerprint density at radius 1 is 1.36 bits per heavy atom. The maximum absolute atomic E-state index is 12.9. The number of aliphatic hydroxyl groups is 1. The molecular formula is C16H19FN2O3. The quantitative estimate of drug-likeness (QED) is 0.795. The molecule has 22 heavy (non-hydrogen) atoms. The van der Waals surface area contributed by atoms with Crippen LogP contribution in [0.1, 0.15) is 31.2 Å². The summed E-state index contributed by atoms with van der Waals surface area (Å²) in [5.41, 5.74) is -0.771. The van der Waals surface area contributed by atoms with Crippen molar-refractivity contribution in [3.8, 4) is 0 Å². The van der Waals surface area contributed by atoms with Crippen molar-refractivity contribution in [1.82, 2.24) is 10.6 Å². The fraction of sp³-hybridized carbons (Fsp3) is 0.312. The lowest BCUT2D eigenvalue weighted by atomic mass is 9.96. The van der Waals surface area contributed by atoms with Gasteiger partial charge in [0.05, 0.1) is 18.8 Å². The van der Waals surface area contributed by atoms with Gasteiger partial charge in [0.15, 0.2) is 0 Å². The van der Waals surface area contributed by atoms with E-state index in [0.717, 1.165) is 0 Å². The van der Waals surface area contributed by atoms with E-state index in [9.17, 15) is 14.3 Å². The number of nitrogens with one attached hydrogen (secondary N) is 2. The molecule has 1 aromatic carbocycles. The van der Waals surface area contributed by atoms with Gasteiger partial charge in [0.25, 0.3) is 0 Å². The number of carbonyl (C=O) groups excluding carboxylic acids is 1. The Labute approximate surface area is 128 Å². The van der Waals surface area contributed by atoms with E-state index in [0.29, 0.717) is 11.3 Å². The largest absolute Gasteiger partial charge is 0.467 e. The van der Waals surface area contributed by atoms with Gasteiger partial charge in [-0.25, -0.2) is 9.18 Å². The minimum absolute atomic E-state index is 0.00462. The molecule has 1 heterocycles. The second kappa shape index (κ2) is 6.62. The topological polar surface area (TPSA) is 74.5 Å². The molecule has 0 aliphatic heterocycles. The van der Waals surface area contributed by atoms with Crippen molar-refractivity contribution in [2.24, 2.45) is 0 Å². The fourth-order valence-corrected chi connectivity index (χ4v) is 2.02. The Kier molecular flexibility index (Phi) is 4.82. The van der Waals surface area contributed by atoms with Crippen LogP contribution in [0.2, 0.25) is 0 Å². The third-order valence-electron chi connectivity index (χ3n) is 3.38. The molecule has 0 aliphatic rings. The molecule has 2 amide bonds. The highest BCUT2D eigenvalue weighted by molar-refractivity contribution is 5.74. The van der Waals surface area contributed by atoms with Crippen LogP contribution in [-0.2, 0) is 5.60 Å². The van der Waals surface area contributed by atoms with Gasteiger partial charge in [-0.3, -0.25) is 0 Å². The molecular weight excluding hydrogens is 287 g/mol. The number of carbonyl (C=O) groups is 1. The van der Waals surface area contributed by atoms with Crippen LogP contribution in [0.4, 0.5) is 9.18 Å². The van der Waals surface area contributed by atoms with Crippen LogP contribution in [-0.4, -0.2) is 17.7 Å². The first-order valence-corrected chi connectivity index (χ1v) is 6.95. The minimum atomic E-state index is -1.29. The zero-order chi connectivity index (χ0) is 16.2. The summed E-state index contributed by atoms with van der Waals surface area (Å²) in [6.07, 6.45) is 1.53. The maximum atomic E-state index is 12.9. The van der Waals surface area contributed by atoms with E-state index in [1.807, 2.05) is 0 Å². The molecule has 0 bridgehead atoms. The lowest BCUT2D eigenvalue weighted by Gasteiger charge is -2.24. The Bertz CT molecular complexity index is 609. The van der Waals surface area contributed by atoms with Crippen LogP contribution >= 0.6 is 0 Å². The highest BCUT2D eigenvalue weighted by atomic mass is 19.1. The smallest absolute Gasteiger partial charge is 0.315 e. The Morgan fingerprint density at radius 3 is 2.64 bits per heavy atom. The lowest BCUT2D eigenvalue weighted by molar-refractivity contribution is 0.0592. The molecule has 118 valence electrons. The van der Waals surface area contributed by atoms with Gasteiger partial charge in [-0.15, -0.1) is 0 Å². The van der Waals surface area contributed by atoms with Crippen molar-refractivity contribution in [1.29, 1.82) is 0 Å². The van der Waals surface area contributed by atoms with E-state index in [1.165, 1.54) is 30.5 Å². The second-order valence-electron chi connectivity index (χ2n) is 5.34. The fourth-order valence-electron chi connectivity index (χ4n) is 2.02. The van der Waals surface area contributed by atoms with Crippen LogP contribution in [0.5, 0.6) is 0 Å². The Balaban J connectivity index is 1.88. The van der Waals surface area contributed by atoms with Crippen molar-refractivity contribution in [3.63, 3.8) is 0 Å². The average molecular weight is 306 g/mol. The van der Waals surface area contributed by atoms with Crippen molar-refractivity contribution < 1.29 is 18.7 Å². The molecule has 0 saturated heterocycles. The predicted molar refractivity (Wildman–Crippen MR) is 79.6 cm³/mol. The number of hydrogen-bond donors (Lipinski definition) is 3. The van der Waals surface area contributed by atoms with Crippen molar-refractivity contribution >= 4 is 6.03 Å². The molecule has 0 unspecified atom stereocenters. The first-order valence-electron chi connectivity index (χ1n) is 6.95. The van der Waals surface area contributed by atoms with Gasteiger partial charge >= 0.3 is 6.03 Å². The standard InChI is InChI=1S/C16H19FN2O3/c1-11(14-4-3-9-22-14)19-15(20)18-10-16(2,21)12-5-7-13(17)8-6-12/h3-9,11,21H,10H2,1-2H3,(H2,18,19,20)/t11-,16-/m0/s1. The van der Waals surface area contributed by atoms with Gasteiger partial charge in [0.2, 0.25) is 0 Å². The summed E-state index contributed by atoms with van der Waals surface area (Å²) in [6.45, 7) is 3.34. The molecule has 0 aliphatic carbocycles. The third kappa shape index (κ3) is 4.08. The van der Waals surface area contributed by atoms with E-state index < -0.39 is 11.6 Å². The molecule has 2 rings (SSSR count). The lowest BCUT2D eigenvalue weighted by Crippen LogP contribution is -2.44. The maximum Gasteiger partial charge on any atom is 0.315 e. The first-order chi connectivity index (χ1) is 10.4. The predicted octanol–water partition coefficient (Wildman–Crippen LogP) is 2.69. The molecule has 2 aromatic rings. The van der Waals surface area contributed by atoms with Gasteiger partial charge in [-0.2, -0.15) is 0 Å². The molecule has 1 aromatic heterocycles. The van der Waals surface area contributed by atoms with Crippen LogP contribution in [0.15, 0.2) is 47.1 Å². The summed E-state index contributed by atoms with van der Waals surface area (Å²) >= 11 is 0. The molecule has 0 spiro atoms. The molecule has 6 heteroatoms. The summed E-state index contributed by atoms with van der Waals surface area (Å²) < 4.78 is 18.1. The summed E-state index contributed by atoms with van der Waals surface area (Å²) in [5, 5.41) is 15.7. The number of rotatable bonds is 5. The highest BCUT2D eigenvalue weighted by Crippen LogP contribution is 2.20. The van der Waals surface area contributed by atoms with Gasteiger partial charge < -0.3 is 20.2 Å². The SMILES string of the molecule is C[C@H](NC(=O)NC[C@](C)(O)c1ccc(F)cc1)c1ccco1. The molecule has 3 N–H and O–H groups in total. The van der Waals surface area contributed by atoms with Crippen molar-refractivity contribution in [2.45, 2.75) is 25.5 Å². The number of urea groups is 1. The molecule has 2 atom stereocenters. The third-order valence-corrected chi connectivity index (χ3v) is 3.38. The second-order valence-corrected chi connectivity index (χ2v) is 5.34. The normalized spacial score (nSPS) is 14.9. The van der Waals surface area contributed by atoms with E-state index in [4.69, 9.17) is 4.42 Å². The Morgan fingerprint density at radius 2 is 2.05 bits per heavy atom. The number of furan rings is 1. The van der Waals surface area contributed by atoms with Crippen molar-refractivity contribution in [3.05, 3.63) is 59.8 Å². The van der Waals surface area contributed by atoms with Crippen LogP contribution in [0.25, 0.3) is 0 Å². The molecule has 0 saturated carbocycles. The van der Waals surface area contributed by atoms with Crippen molar-refractivity contribution in [2.75, 3.05) is 6.54 Å². The minimum Gasteiger partial charge on any atom is -0.467 e. The van der Waals surface area contributed by atoms with Crippen LogP contribution in [0, 0.1) is 5.82 Å². The molecule has 5 nitrogen and oxygen atoms in total. The van der Waals surface area contributed by atoms with Crippen LogP contribution < -0.4 is 10.6 Å². The Hall–Kier alpha value is -2.34. The van der Waals surface area contributed by atoms with E-state index in [1.54, 1.807) is 26.0 Å². The summed E-state index contributed by atoms with van der Waals surface area (Å²) in [7, 11) is 0. The molecule has 0 radical (unpaired) electrons. The van der Waals surface area contributed by atoms with Gasteiger partial charge in [0, 0.05) is 0 Å². The summed E-state index contributed by atoms with van der Waals surface area (Å²) in [4.78, 5) is 11.8. The van der Waals surface area contributed by atoms with E-state index in [-0.39, 0.29) is 18.4 Å². The van der Waals surface area contributed by atoms with Gasteiger partial charge in [-0.1, -0.05) is 12.1 Å². The number of hydrogen-bond acceptors (Lipinski definition) is 3. The first kappa shape index (κ1) is 16.0.